The Balaban J connectivity index is 2.08. The number of carbonyl (C=O) groups is 1. The molecule has 1 fully saturated rings. The van der Waals surface area contributed by atoms with Crippen LogP contribution in [0.4, 0.5) is 13.2 Å². The summed E-state index contributed by atoms with van der Waals surface area (Å²) >= 11 is 0. The molecule has 7 heteroatoms. The van der Waals surface area contributed by atoms with E-state index < -0.39 is 12.1 Å². The molecule has 0 aromatic heterocycles. The van der Waals surface area contributed by atoms with Crippen LogP contribution in [0.25, 0.3) is 0 Å². The van der Waals surface area contributed by atoms with Gasteiger partial charge in [0.25, 0.3) is 0 Å². The van der Waals surface area contributed by atoms with Crippen LogP contribution in [0, 0.1) is 0 Å². The molecule has 1 heterocycles. The van der Waals surface area contributed by atoms with E-state index in [1.165, 1.54) is 18.2 Å². The number of ether oxygens (including phenoxy) is 1. The fourth-order valence-corrected chi connectivity index (χ4v) is 2.07. The minimum Gasteiger partial charge on any atom is -0.405 e. The van der Waals surface area contributed by atoms with Crippen LogP contribution in [-0.4, -0.2) is 49.8 Å². The average molecular weight is 288 g/mol. The number of carbonyl (C=O) groups excluding carboxylic acids is 1. The smallest absolute Gasteiger partial charge is 0.405 e. The van der Waals surface area contributed by atoms with Crippen LogP contribution < -0.4 is 10.1 Å². The van der Waals surface area contributed by atoms with Crippen molar-refractivity contribution in [1.82, 2.24) is 10.2 Å². The van der Waals surface area contributed by atoms with Gasteiger partial charge in [0.05, 0.1) is 12.1 Å². The summed E-state index contributed by atoms with van der Waals surface area (Å²) in [5.41, 5.74) is -0.0386. The second-order valence-electron chi connectivity index (χ2n) is 4.49. The number of hydrogen-bond acceptors (Lipinski definition) is 4. The molecule has 0 unspecified atom stereocenters. The lowest BCUT2D eigenvalue weighted by molar-refractivity contribution is -0.274. The predicted molar refractivity (Wildman–Crippen MR) is 66.8 cm³/mol. The van der Waals surface area contributed by atoms with Crippen LogP contribution in [-0.2, 0) is 0 Å². The standard InChI is InChI=1S/C13H15F3N2O2/c14-13(15,16)20-12-4-2-1-3-10(12)11(19)9-18-7-5-17-6-8-18/h1-4,17H,5-9H2. The number of para-hydroxylation sites is 1. The number of piperazine rings is 1. The first-order chi connectivity index (χ1) is 9.46. The maximum atomic E-state index is 12.3. The maximum absolute atomic E-state index is 12.3. The number of halogens is 3. The zero-order valence-electron chi connectivity index (χ0n) is 10.7. The van der Waals surface area contributed by atoms with Crippen molar-refractivity contribution in [3.05, 3.63) is 29.8 Å². The Kier molecular flexibility index (Phi) is 4.61. The van der Waals surface area contributed by atoms with E-state index in [9.17, 15) is 18.0 Å². The summed E-state index contributed by atoms with van der Waals surface area (Å²) in [6.07, 6.45) is -4.80. The van der Waals surface area contributed by atoms with E-state index in [1.807, 2.05) is 4.90 Å². The van der Waals surface area contributed by atoms with Gasteiger partial charge in [-0.1, -0.05) is 12.1 Å². The Morgan fingerprint density at radius 3 is 2.55 bits per heavy atom. The number of Topliss-reactive ketones (excluding diaryl/α,β-unsaturated/α-hetero) is 1. The Morgan fingerprint density at radius 1 is 1.25 bits per heavy atom. The van der Waals surface area contributed by atoms with Gasteiger partial charge in [0.1, 0.15) is 5.75 Å². The number of benzene rings is 1. The molecule has 1 saturated heterocycles. The molecule has 0 atom stereocenters. The lowest BCUT2D eigenvalue weighted by Gasteiger charge is -2.26. The van der Waals surface area contributed by atoms with E-state index in [0.717, 1.165) is 19.2 Å². The van der Waals surface area contributed by atoms with Gasteiger partial charge in [0, 0.05) is 26.2 Å². The minimum absolute atomic E-state index is 0.0386. The maximum Gasteiger partial charge on any atom is 0.573 e. The van der Waals surface area contributed by atoms with Crippen molar-refractivity contribution in [2.45, 2.75) is 6.36 Å². The highest BCUT2D eigenvalue weighted by molar-refractivity contribution is 6.00. The van der Waals surface area contributed by atoms with Crippen LogP contribution in [0.1, 0.15) is 10.4 Å². The molecule has 4 nitrogen and oxygen atoms in total. The number of hydrogen-bond donors (Lipinski definition) is 1. The Hall–Kier alpha value is -1.60. The first-order valence-corrected chi connectivity index (χ1v) is 6.27. The summed E-state index contributed by atoms with van der Waals surface area (Å²) in [6, 6.07) is 5.43. The van der Waals surface area contributed by atoms with Crippen LogP contribution in [0.15, 0.2) is 24.3 Å². The van der Waals surface area contributed by atoms with Gasteiger partial charge in [-0.15, -0.1) is 13.2 Å². The van der Waals surface area contributed by atoms with Crippen molar-refractivity contribution in [1.29, 1.82) is 0 Å². The van der Waals surface area contributed by atoms with Crippen molar-refractivity contribution in [3.8, 4) is 5.75 Å². The number of ketones is 1. The fraction of sp³-hybridized carbons (Fsp3) is 0.462. The average Bonchev–Trinajstić information content (AvgIpc) is 2.38. The van der Waals surface area contributed by atoms with E-state index >= 15 is 0 Å². The van der Waals surface area contributed by atoms with Crippen LogP contribution in [0.5, 0.6) is 5.75 Å². The van der Waals surface area contributed by atoms with Gasteiger partial charge < -0.3 is 10.1 Å². The molecule has 0 radical (unpaired) electrons. The molecule has 1 aliphatic rings. The molecule has 1 N–H and O–H groups in total. The zero-order chi connectivity index (χ0) is 14.6. The topological polar surface area (TPSA) is 41.6 Å². The highest BCUT2D eigenvalue weighted by atomic mass is 19.4. The summed E-state index contributed by atoms with van der Waals surface area (Å²) in [4.78, 5) is 14.0. The third kappa shape index (κ3) is 4.21. The molecule has 1 aliphatic heterocycles. The predicted octanol–water partition coefficient (Wildman–Crippen LogP) is 1.67. The first kappa shape index (κ1) is 14.8. The highest BCUT2D eigenvalue weighted by Crippen LogP contribution is 2.26. The molecule has 0 saturated carbocycles. The zero-order valence-corrected chi connectivity index (χ0v) is 10.7. The van der Waals surface area contributed by atoms with Crippen molar-refractivity contribution in [2.75, 3.05) is 32.7 Å². The fourth-order valence-electron chi connectivity index (χ4n) is 2.07. The van der Waals surface area contributed by atoms with Gasteiger partial charge in [-0.25, -0.2) is 0 Å². The SMILES string of the molecule is O=C(CN1CCNCC1)c1ccccc1OC(F)(F)F. The Bertz CT molecular complexity index is 471. The number of rotatable bonds is 4. The molecule has 1 aromatic carbocycles. The molecule has 20 heavy (non-hydrogen) atoms. The lowest BCUT2D eigenvalue weighted by atomic mass is 10.1. The first-order valence-electron chi connectivity index (χ1n) is 6.27. The third-order valence-electron chi connectivity index (χ3n) is 2.99. The van der Waals surface area contributed by atoms with Gasteiger partial charge in [-0.2, -0.15) is 0 Å². The molecule has 0 bridgehead atoms. The molecule has 1 aromatic rings. The van der Waals surface area contributed by atoms with Gasteiger partial charge in [0.15, 0.2) is 5.78 Å². The van der Waals surface area contributed by atoms with Crippen molar-refractivity contribution >= 4 is 5.78 Å². The molecule has 0 aliphatic carbocycles. The molecule has 2 rings (SSSR count). The van der Waals surface area contributed by atoms with Gasteiger partial charge >= 0.3 is 6.36 Å². The normalized spacial score (nSPS) is 16.9. The third-order valence-corrected chi connectivity index (χ3v) is 2.99. The van der Waals surface area contributed by atoms with Crippen LogP contribution in [0.2, 0.25) is 0 Å². The van der Waals surface area contributed by atoms with Crippen LogP contribution in [0.3, 0.4) is 0 Å². The molecule has 0 amide bonds. The van der Waals surface area contributed by atoms with Gasteiger partial charge in [-0.05, 0) is 12.1 Å². The van der Waals surface area contributed by atoms with Crippen molar-refractivity contribution < 1.29 is 22.7 Å². The second-order valence-corrected chi connectivity index (χ2v) is 4.49. The van der Waals surface area contributed by atoms with E-state index in [0.29, 0.717) is 13.1 Å². The lowest BCUT2D eigenvalue weighted by Crippen LogP contribution is -2.45. The molecule has 0 spiro atoms. The van der Waals surface area contributed by atoms with Crippen molar-refractivity contribution in [3.63, 3.8) is 0 Å². The Labute approximate surface area is 114 Å². The second kappa shape index (κ2) is 6.23. The van der Waals surface area contributed by atoms with Gasteiger partial charge in [-0.3, -0.25) is 9.69 Å². The minimum atomic E-state index is -4.80. The summed E-state index contributed by atoms with van der Waals surface area (Å²) in [6.45, 7) is 3.05. The molecular formula is C13H15F3N2O2. The summed E-state index contributed by atoms with van der Waals surface area (Å²) in [5, 5.41) is 3.14. The quantitative estimate of drug-likeness (QED) is 0.856. The number of nitrogens with one attached hydrogen (secondary N) is 1. The largest absolute Gasteiger partial charge is 0.573 e. The number of alkyl halides is 3. The molecular weight excluding hydrogens is 273 g/mol. The molecule has 110 valence electrons. The highest BCUT2D eigenvalue weighted by Gasteiger charge is 2.33. The summed E-state index contributed by atoms with van der Waals surface area (Å²) < 4.78 is 40.8. The van der Waals surface area contributed by atoms with E-state index in [2.05, 4.69) is 10.1 Å². The van der Waals surface area contributed by atoms with Gasteiger partial charge in [0.2, 0.25) is 0 Å². The van der Waals surface area contributed by atoms with E-state index in [4.69, 9.17) is 0 Å². The van der Waals surface area contributed by atoms with Crippen LogP contribution >= 0.6 is 0 Å². The summed E-state index contributed by atoms with van der Waals surface area (Å²) in [5.74, 6) is -0.813. The number of nitrogens with zero attached hydrogens (tertiary/aromatic N) is 1. The van der Waals surface area contributed by atoms with E-state index in [1.54, 1.807) is 0 Å². The van der Waals surface area contributed by atoms with Crippen molar-refractivity contribution in [2.24, 2.45) is 0 Å². The monoisotopic (exact) mass is 288 g/mol. The van der Waals surface area contributed by atoms with E-state index in [-0.39, 0.29) is 17.9 Å². The Morgan fingerprint density at radius 2 is 1.90 bits per heavy atom. The summed E-state index contributed by atoms with van der Waals surface area (Å²) in [7, 11) is 0.